The predicted molar refractivity (Wildman–Crippen MR) is 81.7 cm³/mol. The van der Waals surface area contributed by atoms with Gasteiger partial charge in [-0.25, -0.2) is 4.79 Å². The van der Waals surface area contributed by atoms with Crippen LogP contribution in [0.25, 0.3) is 0 Å². The van der Waals surface area contributed by atoms with Crippen molar-refractivity contribution in [1.82, 2.24) is 4.90 Å². The quantitative estimate of drug-likeness (QED) is 0.807. The van der Waals surface area contributed by atoms with Crippen LogP contribution in [-0.4, -0.2) is 36.0 Å². The topological polar surface area (TPSA) is 46.6 Å². The number of carbonyl (C=O) groups excluding carboxylic acids is 2. The molecule has 0 bridgehead atoms. The number of thiophene rings is 1. The van der Waals surface area contributed by atoms with Gasteiger partial charge in [0.15, 0.2) is 0 Å². The number of amides is 1. The van der Waals surface area contributed by atoms with Gasteiger partial charge in [0.05, 0.1) is 11.5 Å². The molecule has 114 valence electrons. The van der Waals surface area contributed by atoms with Crippen LogP contribution in [0.5, 0.6) is 0 Å². The average Bonchev–Trinajstić information content (AvgIpc) is 3.08. The third-order valence-electron chi connectivity index (χ3n) is 4.28. The van der Waals surface area contributed by atoms with Gasteiger partial charge in [0.1, 0.15) is 6.04 Å². The van der Waals surface area contributed by atoms with Crippen molar-refractivity contribution < 1.29 is 14.3 Å². The molecular formula is C16H21NO3S. The molecule has 21 heavy (non-hydrogen) atoms. The Kier molecular flexibility index (Phi) is 4.29. The van der Waals surface area contributed by atoms with E-state index in [1.54, 1.807) is 23.2 Å². The number of piperidine rings is 1. The summed E-state index contributed by atoms with van der Waals surface area (Å²) >= 11 is 1.61. The molecule has 0 spiro atoms. The van der Waals surface area contributed by atoms with Gasteiger partial charge in [-0.1, -0.05) is 0 Å². The molecule has 1 aliphatic heterocycles. The molecule has 1 aromatic heterocycles. The van der Waals surface area contributed by atoms with Crippen LogP contribution in [0.1, 0.15) is 52.7 Å². The van der Waals surface area contributed by atoms with Crippen molar-refractivity contribution >= 4 is 23.2 Å². The van der Waals surface area contributed by atoms with Gasteiger partial charge in [-0.05, 0) is 57.1 Å². The molecule has 4 nitrogen and oxygen atoms in total. The van der Waals surface area contributed by atoms with Gasteiger partial charge < -0.3 is 9.64 Å². The fraction of sp³-hybridized carbons (Fsp3) is 0.625. The van der Waals surface area contributed by atoms with Gasteiger partial charge in [0, 0.05) is 11.4 Å². The molecule has 2 aliphatic rings. The van der Waals surface area contributed by atoms with E-state index < -0.39 is 6.04 Å². The minimum absolute atomic E-state index is 0.00662. The maximum atomic E-state index is 12.8. The van der Waals surface area contributed by atoms with E-state index in [4.69, 9.17) is 4.74 Å². The zero-order chi connectivity index (χ0) is 14.8. The molecule has 1 aromatic rings. The molecule has 0 N–H and O–H groups in total. The van der Waals surface area contributed by atoms with Crippen molar-refractivity contribution in [3.05, 3.63) is 21.4 Å². The third-order valence-corrected chi connectivity index (χ3v) is 5.50. The Labute approximate surface area is 129 Å². The maximum absolute atomic E-state index is 12.8. The van der Waals surface area contributed by atoms with E-state index in [2.05, 4.69) is 0 Å². The lowest BCUT2D eigenvalue weighted by Gasteiger charge is -2.33. The number of ether oxygens (including phenoxy) is 1. The fourth-order valence-electron chi connectivity index (χ4n) is 3.23. The van der Waals surface area contributed by atoms with Gasteiger partial charge in [0.25, 0.3) is 5.91 Å². The van der Waals surface area contributed by atoms with Crippen LogP contribution in [-0.2, 0) is 22.4 Å². The normalized spacial score (nSPS) is 21.2. The maximum Gasteiger partial charge on any atom is 0.328 e. The summed E-state index contributed by atoms with van der Waals surface area (Å²) in [6, 6.07) is 1.63. The van der Waals surface area contributed by atoms with E-state index in [9.17, 15) is 9.59 Å². The summed E-state index contributed by atoms with van der Waals surface area (Å²) in [6.07, 6.45) is 6.04. The molecule has 1 unspecified atom stereocenters. The van der Waals surface area contributed by atoms with E-state index in [1.165, 1.54) is 16.9 Å². The summed E-state index contributed by atoms with van der Waals surface area (Å²) in [5.74, 6) is -0.248. The molecule has 0 radical (unpaired) electrons. The Morgan fingerprint density at radius 1 is 1.33 bits per heavy atom. The van der Waals surface area contributed by atoms with Gasteiger partial charge in [-0.3, -0.25) is 4.79 Å². The van der Waals surface area contributed by atoms with Crippen molar-refractivity contribution in [2.45, 2.75) is 51.5 Å². The van der Waals surface area contributed by atoms with E-state index in [0.29, 0.717) is 13.2 Å². The molecule has 1 atom stereocenters. The Hall–Kier alpha value is -1.36. The largest absolute Gasteiger partial charge is 0.464 e. The number of carbonyl (C=O) groups is 2. The second-order valence-corrected chi connectivity index (χ2v) is 6.81. The first-order valence-electron chi connectivity index (χ1n) is 7.80. The molecule has 1 saturated heterocycles. The number of nitrogens with zero attached hydrogens (tertiary/aromatic N) is 1. The van der Waals surface area contributed by atoms with Crippen LogP contribution in [0, 0.1) is 0 Å². The van der Waals surface area contributed by atoms with Crippen LogP contribution in [0.3, 0.4) is 0 Å². The molecule has 1 fully saturated rings. The summed E-state index contributed by atoms with van der Waals surface area (Å²) in [5.41, 5.74) is 1.33. The zero-order valence-electron chi connectivity index (χ0n) is 12.4. The van der Waals surface area contributed by atoms with E-state index in [-0.39, 0.29) is 11.9 Å². The monoisotopic (exact) mass is 307 g/mol. The molecule has 1 amide bonds. The fourth-order valence-corrected chi connectivity index (χ4v) is 4.44. The molecular weight excluding hydrogens is 286 g/mol. The molecule has 5 heteroatoms. The lowest BCUT2D eigenvalue weighted by Crippen LogP contribution is -2.48. The number of likely N-dealkylation sites (tertiary alicyclic amines) is 1. The smallest absolute Gasteiger partial charge is 0.328 e. The zero-order valence-corrected chi connectivity index (χ0v) is 13.2. The number of rotatable bonds is 3. The lowest BCUT2D eigenvalue weighted by atomic mass is 10.0. The van der Waals surface area contributed by atoms with Crippen LogP contribution in [0.2, 0.25) is 0 Å². The molecule has 0 aromatic carbocycles. The number of hydrogen-bond donors (Lipinski definition) is 0. The summed E-state index contributed by atoms with van der Waals surface area (Å²) in [5, 5.41) is 0. The SMILES string of the molecule is CCOC(=O)C1CCCCN1C(=O)c1cc2c(s1)CCC2. The van der Waals surface area contributed by atoms with Crippen LogP contribution >= 0.6 is 11.3 Å². The van der Waals surface area contributed by atoms with Crippen LogP contribution in [0.15, 0.2) is 6.07 Å². The molecule has 0 saturated carbocycles. The Morgan fingerprint density at radius 3 is 2.95 bits per heavy atom. The molecule has 3 rings (SSSR count). The van der Waals surface area contributed by atoms with Gasteiger partial charge in [-0.15, -0.1) is 11.3 Å². The molecule has 1 aliphatic carbocycles. The third kappa shape index (κ3) is 2.84. The van der Waals surface area contributed by atoms with Crippen LogP contribution in [0.4, 0.5) is 0 Å². The van der Waals surface area contributed by atoms with E-state index in [0.717, 1.165) is 37.0 Å². The number of fused-ring (bicyclic) bond motifs is 1. The van der Waals surface area contributed by atoms with Crippen molar-refractivity contribution in [3.8, 4) is 0 Å². The summed E-state index contributed by atoms with van der Waals surface area (Å²) < 4.78 is 5.13. The number of hydrogen-bond acceptors (Lipinski definition) is 4. The second-order valence-electron chi connectivity index (χ2n) is 5.67. The van der Waals surface area contributed by atoms with Crippen molar-refractivity contribution in [2.24, 2.45) is 0 Å². The minimum Gasteiger partial charge on any atom is -0.464 e. The summed E-state index contributed by atoms with van der Waals surface area (Å²) in [4.78, 5) is 28.7. The van der Waals surface area contributed by atoms with Crippen molar-refractivity contribution in [3.63, 3.8) is 0 Å². The van der Waals surface area contributed by atoms with Crippen molar-refractivity contribution in [1.29, 1.82) is 0 Å². The summed E-state index contributed by atoms with van der Waals surface area (Å²) in [7, 11) is 0. The highest BCUT2D eigenvalue weighted by atomic mass is 32.1. The Balaban J connectivity index is 1.78. The van der Waals surface area contributed by atoms with Gasteiger partial charge in [-0.2, -0.15) is 0 Å². The first-order chi connectivity index (χ1) is 10.2. The lowest BCUT2D eigenvalue weighted by molar-refractivity contribution is -0.149. The van der Waals surface area contributed by atoms with E-state index in [1.807, 2.05) is 6.07 Å². The van der Waals surface area contributed by atoms with E-state index >= 15 is 0 Å². The number of esters is 1. The first kappa shape index (κ1) is 14.6. The highest BCUT2D eigenvalue weighted by molar-refractivity contribution is 7.14. The van der Waals surface area contributed by atoms with Crippen molar-refractivity contribution in [2.75, 3.05) is 13.2 Å². The standard InChI is InChI=1S/C16H21NO3S/c1-2-20-16(19)12-7-3-4-9-17(12)15(18)14-10-11-6-5-8-13(11)21-14/h10,12H,2-9H2,1H3. The Morgan fingerprint density at radius 2 is 2.19 bits per heavy atom. The van der Waals surface area contributed by atoms with Gasteiger partial charge >= 0.3 is 5.97 Å². The summed E-state index contributed by atoms with van der Waals surface area (Å²) in [6.45, 7) is 2.83. The Bertz CT molecular complexity index is 530. The first-order valence-corrected chi connectivity index (χ1v) is 8.61. The minimum atomic E-state index is -0.400. The highest BCUT2D eigenvalue weighted by Crippen LogP contribution is 2.32. The predicted octanol–water partition coefficient (Wildman–Crippen LogP) is 2.79. The van der Waals surface area contributed by atoms with Gasteiger partial charge in [0.2, 0.25) is 0 Å². The molecule has 2 heterocycles. The van der Waals surface area contributed by atoms with Crippen LogP contribution < -0.4 is 0 Å². The second kappa shape index (κ2) is 6.18. The number of aryl methyl sites for hydroxylation is 2. The average molecular weight is 307 g/mol. The highest BCUT2D eigenvalue weighted by Gasteiger charge is 2.34.